The molecule has 0 aromatic carbocycles. The molecular weight excluding hydrogens is 300 g/mol. The van der Waals surface area contributed by atoms with E-state index < -0.39 is 10.0 Å². The molecule has 1 aliphatic heterocycles. The van der Waals surface area contributed by atoms with E-state index in [1.807, 2.05) is 0 Å². The van der Waals surface area contributed by atoms with Crippen LogP contribution in [-0.4, -0.2) is 41.9 Å². The van der Waals surface area contributed by atoms with Crippen LogP contribution in [-0.2, 0) is 14.8 Å². The van der Waals surface area contributed by atoms with Gasteiger partial charge >= 0.3 is 0 Å². The minimum absolute atomic E-state index is 0.0405. The number of amides is 1. The van der Waals surface area contributed by atoms with Gasteiger partial charge in [0.2, 0.25) is 15.4 Å². The first-order valence-electron chi connectivity index (χ1n) is 6.58. The van der Waals surface area contributed by atoms with Gasteiger partial charge in [0, 0.05) is 20.0 Å². The zero-order valence-corrected chi connectivity index (χ0v) is 12.7. The molecule has 2 heterocycles. The second-order valence-electron chi connectivity index (χ2n) is 5.33. The monoisotopic (exact) mass is 316 g/mol. The third-order valence-corrected chi connectivity index (χ3v) is 6.96. The Kier molecular flexibility index (Phi) is 3.51. The molecule has 1 saturated carbocycles. The Hall–Kier alpha value is -1.06. The maximum Gasteiger partial charge on any atom is 0.272 e. The molecule has 1 aromatic rings. The van der Waals surface area contributed by atoms with E-state index in [-0.39, 0.29) is 15.4 Å². The van der Waals surface area contributed by atoms with Gasteiger partial charge in [-0.25, -0.2) is 8.42 Å². The molecule has 7 nitrogen and oxygen atoms in total. The molecule has 2 unspecified atom stereocenters. The molecular formula is C11H16N4O3S2. The highest BCUT2D eigenvalue weighted by atomic mass is 32.2. The van der Waals surface area contributed by atoms with Crippen LogP contribution >= 0.6 is 11.3 Å². The van der Waals surface area contributed by atoms with Crippen molar-refractivity contribution in [2.75, 3.05) is 18.4 Å². The van der Waals surface area contributed by atoms with Crippen molar-refractivity contribution in [2.24, 2.45) is 11.8 Å². The van der Waals surface area contributed by atoms with Crippen molar-refractivity contribution in [3.63, 3.8) is 0 Å². The maximum absolute atomic E-state index is 12.5. The maximum atomic E-state index is 12.5. The molecule has 9 heteroatoms. The first-order valence-corrected chi connectivity index (χ1v) is 8.83. The van der Waals surface area contributed by atoms with Gasteiger partial charge in [0.15, 0.2) is 0 Å². The third kappa shape index (κ3) is 2.45. The van der Waals surface area contributed by atoms with Crippen molar-refractivity contribution < 1.29 is 13.2 Å². The average molecular weight is 316 g/mol. The fraction of sp³-hybridized carbons (Fsp3) is 0.727. The number of anilines is 1. The Morgan fingerprint density at radius 1 is 1.30 bits per heavy atom. The SMILES string of the molecule is CC(=O)Nc1nnc(S(=O)(=O)N2CC3CCCC3C2)s1. The fourth-order valence-electron chi connectivity index (χ4n) is 3.01. The molecule has 1 saturated heterocycles. The van der Waals surface area contributed by atoms with Crippen LogP contribution in [0.3, 0.4) is 0 Å². The number of hydrogen-bond acceptors (Lipinski definition) is 6. The number of hydrogen-bond donors (Lipinski definition) is 1. The quantitative estimate of drug-likeness (QED) is 0.837. The van der Waals surface area contributed by atoms with Gasteiger partial charge in [-0.1, -0.05) is 17.8 Å². The summed E-state index contributed by atoms with van der Waals surface area (Å²) in [6.07, 6.45) is 3.43. The van der Waals surface area contributed by atoms with Gasteiger partial charge in [-0.3, -0.25) is 4.79 Å². The lowest BCUT2D eigenvalue weighted by Gasteiger charge is -2.14. The van der Waals surface area contributed by atoms with E-state index in [9.17, 15) is 13.2 Å². The number of aromatic nitrogens is 2. The highest BCUT2D eigenvalue weighted by molar-refractivity contribution is 7.91. The van der Waals surface area contributed by atoms with Crippen molar-refractivity contribution in [2.45, 2.75) is 30.5 Å². The Bertz CT molecular complexity index is 615. The van der Waals surface area contributed by atoms with E-state index in [1.54, 1.807) is 0 Å². The van der Waals surface area contributed by atoms with Gasteiger partial charge in [0.25, 0.3) is 10.0 Å². The predicted octanol–water partition coefficient (Wildman–Crippen LogP) is 0.917. The summed E-state index contributed by atoms with van der Waals surface area (Å²) >= 11 is 0.899. The molecule has 0 radical (unpaired) electrons. The molecule has 0 bridgehead atoms. The number of rotatable bonds is 3. The zero-order chi connectivity index (χ0) is 14.3. The summed E-state index contributed by atoms with van der Waals surface area (Å²) in [5.41, 5.74) is 0. The molecule has 2 fully saturated rings. The summed E-state index contributed by atoms with van der Waals surface area (Å²) in [7, 11) is -3.57. The van der Waals surface area contributed by atoms with E-state index in [0.717, 1.165) is 24.2 Å². The van der Waals surface area contributed by atoms with Gasteiger partial charge in [-0.2, -0.15) is 4.31 Å². The van der Waals surface area contributed by atoms with E-state index in [1.165, 1.54) is 17.6 Å². The molecule has 110 valence electrons. The molecule has 1 aromatic heterocycles. The largest absolute Gasteiger partial charge is 0.301 e. The van der Waals surface area contributed by atoms with E-state index in [4.69, 9.17) is 0 Å². The summed E-state index contributed by atoms with van der Waals surface area (Å²) in [5, 5.41) is 10.1. The minimum atomic E-state index is -3.57. The Balaban J connectivity index is 1.78. The van der Waals surface area contributed by atoms with Crippen molar-refractivity contribution in [1.29, 1.82) is 0 Å². The molecule has 2 aliphatic rings. The minimum Gasteiger partial charge on any atom is -0.301 e. The van der Waals surface area contributed by atoms with Crippen LogP contribution in [0.15, 0.2) is 4.34 Å². The van der Waals surface area contributed by atoms with Gasteiger partial charge in [-0.15, -0.1) is 10.2 Å². The number of fused-ring (bicyclic) bond motifs is 1. The Morgan fingerprint density at radius 3 is 2.55 bits per heavy atom. The first kappa shape index (κ1) is 13.9. The topological polar surface area (TPSA) is 92.3 Å². The third-order valence-electron chi connectivity index (χ3n) is 3.94. The van der Waals surface area contributed by atoms with Gasteiger partial charge < -0.3 is 5.32 Å². The van der Waals surface area contributed by atoms with Gasteiger partial charge in [0.05, 0.1) is 0 Å². The Morgan fingerprint density at radius 2 is 1.95 bits per heavy atom. The van der Waals surface area contributed by atoms with E-state index in [0.29, 0.717) is 24.9 Å². The average Bonchev–Trinajstić information content (AvgIpc) is 3.00. The summed E-state index contributed by atoms with van der Waals surface area (Å²) in [4.78, 5) is 10.9. The van der Waals surface area contributed by atoms with Crippen LogP contribution in [0.2, 0.25) is 0 Å². The first-order chi connectivity index (χ1) is 9.46. The lowest BCUT2D eigenvalue weighted by atomic mass is 10.0. The predicted molar refractivity (Wildman–Crippen MR) is 73.8 cm³/mol. The van der Waals surface area contributed by atoms with E-state index in [2.05, 4.69) is 15.5 Å². The lowest BCUT2D eigenvalue weighted by molar-refractivity contribution is -0.114. The molecule has 2 atom stereocenters. The van der Waals surface area contributed by atoms with Crippen LogP contribution < -0.4 is 5.32 Å². The Labute approximate surface area is 121 Å². The van der Waals surface area contributed by atoms with Gasteiger partial charge in [-0.05, 0) is 24.7 Å². The van der Waals surface area contributed by atoms with E-state index >= 15 is 0 Å². The van der Waals surface area contributed by atoms with Crippen LogP contribution in [0.1, 0.15) is 26.2 Å². The highest BCUT2D eigenvalue weighted by Gasteiger charge is 2.42. The standard InChI is InChI=1S/C11H16N4O3S2/c1-7(16)12-10-13-14-11(19-10)20(17,18)15-5-8-3-2-4-9(8)6-15/h8-9H,2-6H2,1H3,(H,12,13,16). The van der Waals surface area contributed by atoms with Crippen LogP contribution in [0, 0.1) is 11.8 Å². The zero-order valence-electron chi connectivity index (χ0n) is 11.1. The van der Waals surface area contributed by atoms with Crippen molar-refractivity contribution in [3.05, 3.63) is 0 Å². The summed E-state index contributed by atoms with van der Waals surface area (Å²) < 4.78 is 26.4. The number of carbonyl (C=O) groups is 1. The highest BCUT2D eigenvalue weighted by Crippen LogP contribution is 2.40. The lowest BCUT2D eigenvalue weighted by Crippen LogP contribution is -2.29. The molecule has 3 rings (SSSR count). The van der Waals surface area contributed by atoms with Crippen LogP contribution in [0.25, 0.3) is 0 Å². The summed E-state index contributed by atoms with van der Waals surface area (Å²) in [6.45, 7) is 2.52. The molecule has 1 N–H and O–H groups in total. The second kappa shape index (κ2) is 5.05. The van der Waals surface area contributed by atoms with Crippen molar-refractivity contribution in [3.8, 4) is 0 Å². The number of nitrogens with one attached hydrogen (secondary N) is 1. The number of sulfonamides is 1. The summed E-state index contributed by atoms with van der Waals surface area (Å²) in [6, 6.07) is 0. The normalized spacial score (nSPS) is 26.6. The van der Waals surface area contributed by atoms with Crippen molar-refractivity contribution >= 4 is 32.4 Å². The van der Waals surface area contributed by atoms with Crippen LogP contribution in [0.4, 0.5) is 5.13 Å². The molecule has 1 amide bonds. The number of nitrogens with zero attached hydrogens (tertiary/aromatic N) is 3. The molecule has 20 heavy (non-hydrogen) atoms. The van der Waals surface area contributed by atoms with Crippen molar-refractivity contribution in [1.82, 2.24) is 14.5 Å². The number of carbonyl (C=O) groups excluding carboxylic acids is 1. The molecule has 1 aliphatic carbocycles. The smallest absolute Gasteiger partial charge is 0.272 e. The van der Waals surface area contributed by atoms with Crippen LogP contribution in [0.5, 0.6) is 0 Å². The van der Waals surface area contributed by atoms with Gasteiger partial charge in [0.1, 0.15) is 0 Å². The summed E-state index contributed by atoms with van der Waals surface area (Å²) in [5.74, 6) is 0.695. The second-order valence-corrected chi connectivity index (χ2v) is 8.42. The molecule has 0 spiro atoms. The fourth-order valence-corrected chi connectivity index (χ4v) is 5.65.